The number of carbonyl (C=O) groups is 3. The van der Waals surface area contributed by atoms with Gasteiger partial charge in [0.1, 0.15) is 0 Å². The van der Waals surface area contributed by atoms with Crippen LogP contribution in [0.25, 0.3) is 0 Å². The van der Waals surface area contributed by atoms with Gasteiger partial charge in [-0.05, 0) is 43.2 Å². The lowest BCUT2D eigenvalue weighted by atomic mass is 9.82. The Labute approximate surface area is 187 Å². The third-order valence-electron chi connectivity index (χ3n) is 5.11. The number of hydrogen-bond acceptors (Lipinski definition) is 6. The van der Waals surface area contributed by atoms with Crippen molar-refractivity contribution < 1.29 is 24.2 Å². The van der Waals surface area contributed by atoms with Gasteiger partial charge in [-0.25, -0.2) is 4.79 Å². The molecule has 168 valence electrons. The molecule has 0 saturated carbocycles. The highest BCUT2D eigenvalue weighted by Gasteiger charge is 2.46. The second-order valence-corrected chi connectivity index (χ2v) is 9.11. The van der Waals surface area contributed by atoms with Crippen LogP contribution in [-0.4, -0.2) is 38.8 Å². The van der Waals surface area contributed by atoms with Crippen molar-refractivity contribution >= 4 is 17.7 Å². The topological polar surface area (TPSA) is 96.8 Å². The van der Waals surface area contributed by atoms with Crippen LogP contribution in [-0.2, 0) is 20.9 Å². The van der Waals surface area contributed by atoms with Gasteiger partial charge in [0.15, 0.2) is 11.5 Å². The molecule has 0 bridgehead atoms. The van der Waals surface area contributed by atoms with E-state index in [4.69, 9.17) is 4.74 Å². The molecule has 0 radical (unpaired) electrons. The fourth-order valence-electron chi connectivity index (χ4n) is 3.56. The van der Waals surface area contributed by atoms with Crippen LogP contribution in [0.2, 0.25) is 0 Å². The number of carbonyl (C=O) groups excluding carboxylic acids is 3. The zero-order valence-electron chi connectivity index (χ0n) is 19.0. The van der Waals surface area contributed by atoms with Gasteiger partial charge >= 0.3 is 5.97 Å². The van der Waals surface area contributed by atoms with E-state index in [0.29, 0.717) is 11.1 Å². The number of ether oxygens (including phenoxy) is 1. The molecule has 1 aromatic carbocycles. The lowest BCUT2D eigenvalue weighted by Gasteiger charge is -2.28. The van der Waals surface area contributed by atoms with Crippen LogP contribution in [0.5, 0.6) is 0 Å². The van der Waals surface area contributed by atoms with Crippen molar-refractivity contribution in [1.29, 1.82) is 0 Å². The number of amides is 1. The van der Waals surface area contributed by atoms with Crippen molar-refractivity contribution in [3.8, 4) is 0 Å². The number of aliphatic hydroxyl groups excluding tert-OH is 1. The minimum absolute atomic E-state index is 0.0765. The molecular formula is C25H28N2O5. The van der Waals surface area contributed by atoms with Crippen molar-refractivity contribution in [2.24, 2.45) is 5.41 Å². The molecule has 7 nitrogen and oxygen atoms in total. The number of aliphatic hydroxyl groups is 1. The molecule has 1 aliphatic heterocycles. The number of rotatable bonds is 6. The van der Waals surface area contributed by atoms with Gasteiger partial charge in [0.25, 0.3) is 5.91 Å². The van der Waals surface area contributed by atoms with E-state index in [1.807, 2.05) is 0 Å². The second-order valence-electron chi connectivity index (χ2n) is 9.11. The molecule has 32 heavy (non-hydrogen) atoms. The predicted molar refractivity (Wildman–Crippen MR) is 119 cm³/mol. The van der Waals surface area contributed by atoms with E-state index in [1.165, 1.54) is 4.90 Å². The van der Waals surface area contributed by atoms with Crippen molar-refractivity contribution in [3.05, 3.63) is 76.8 Å². The third-order valence-corrected chi connectivity index (χ3v) is 5.11. The number of esters is 1. The van der Waals surface area contributed by atoms with Crippen LogP contribution in [0.3, 0.4) is 0 Å². The summed E-state index contributed by atoms with van der Waals surface area (Å²) in [6.45, 7) is 8.94. The molecule has 0 saturated heterocycles. The number of benzene rings is 1. The van der Waals surface area contributed by atoms with Crippen LogP contribution in [0.4, 0.5) is 0 Å². The SMILES string of the molecule is CC(C)OC(=O)c1ccc(CN2C(=O)C(O)=C(C(=O)C(C)(C)C)C2c2cccnc2)cc1. The third kappa shape index (κ3) is 4.72. The van der Waals surface area contributed by atoms with Crippen LogP contribution >= 0.6 is 0 Å². The van der Waals surface area contributed by atoms with E-state index in [0.717, 1.165) is 5.56 Å². The van der Waals surface area contributed by atoms with Crippen LogP contribution in [0.1, 0.15) is 62.1 Å². The summed E-state index contributed by atoms with van der Waals surface area (Å²) in [5.74, 6) is -1.87. The summed E-state index contributed by atoms with van der Waals surface area (Å²) >= 11 is 0. The van der Waals surface area contributed by atoms with Crippen molar-refractivity contribution in [2.45, 2.75) is 53.3 Å². The molecular weight excluding hydrogens is 408 g/mol. The molecule has 7 heteroatoms. The first-order chi connectivity index (χ1) is 15.0. The largest absolute Gasteiger partial charge is 0.503 e. The predicted octanol–water partition coefficient (Wildman–Crippen LogP) is 4.16. The summed E-state index contributed by atoms with van der Waals surface area (Å²) in [6.07, 6.45) is 2.97. The van der Waals surface area contributed by atoms with Gasteiger partial charge in [0, 0.05) is 24.4 Å². The monoisotopic (exact) mass is 436 g/mol. The van der Waals surface area contributed by atoms with Crippen LogP contribution in [0, 0.1) is 5.41 Å². The van der Waals surface area contributed by atoms with Gasteiger partial charge in [0.05, 0.1) is 23.3 Å². The van der Waals surface area contributed by atoms with Crippen molar-refractivity contribution in [1.82, 2.24) is 9.88 Å². The highest BCUT2D eigenvalue weighted by molar-refractivity contribution is 6.10. The summed E-state index contributed by atoms with van der Waals surface area (Å²) in [4.78, 5) is 43.8. The van der Waals surface area contributed by atoms with Crippen molar-refractivity contribution in [2.75, 3.05) is 0 Å². The van der Waals surface area contributed by atoms with Gasteiger partial charge in [-0.15, -0.1) is 0 Å². The lowest BCUT2D eigenvalue weighted by Crippen LogP contribution is -2.32. The molecule has 0 aliphatic carbocycles. The Morgan fingerprint density at radius 3 is 2.34 bits per heavy atom. The standard InChI is InChI=1S/C25H28N2O5/c1-15(2)32-24(31)17-10-8-16(9-11-17)14-27-20(18-7-6-12-26-13-18)19(21(28)23(27)30)22(29)25(3,4)5/h6-13,15,20,28H,14H2,1-5H3. The Hall–Kier alpha value is -3.48. The average Bonchev–Trinajstić information content (AvgIpc) is 2.98. The molecule has 3 rings (SSSR count). The van der Waals surface area contributed by atoms with Crippen LogP contribution in [0.15, 0.2) is 60.1 Å². The summed E-state index contributed by atoms with van der Waals surface area (Å²) in [5, 5.41) is 10.7. The Balaban J connectivity index is 1.94. The minimum Gasteiger partial charge on any atom is -0.503 e. The molecule has 1 N–H and O–H groups in total. The van der Waals surface area contributed by atoms with E-state index in [-0.39, 0.29) is 24.0 Å². The highest BCUT2D eigenvalue weighted by atomic mass is 16.5. The fourth-order valence-corrected chi connectivity index (χ4v) is 3.56. The summed E-state index contributed by atoms with van der Waals surface area (Å²) in [6, 6.07) is 9.46. The Bertz CT molecular complexity index is 1050. The van der Waals surface area contributed by atoms with Gasteiger partial charge < -0.3 is 14.7 Å². The average molecular weight is 437 g/mol. The summed E-state index contributed by atoms with van der Waals surface area (Å²) in [7, 11) is 0. The molecule has 2 aromatic rings. The first kappa shape index (κ1) is 23.2. The summed E-state index contributed by atoms with van der Waals surface area (Å²) < 4.78 is 5.20. The molecule has 0 fully saturated rings. The highest BCUT2D eigenvalue weighted by Crippen LogP contribution is 2.41. The Kier molecular flexibility index (Phi) is 6.48. The minimum atomic E-state index is -0.779. The molecule has 0 spiro atoms. The van der Waals surface area contributed by atoms with E-state index in [9.17, 15) is 19.5 Å². The fraction of sp³-hybridized carbons (Fsp3) is 0.360. The number of pyridine rings is 1. The van der Waals surface area contributed by atoms with E-state index in [1.54, 1.807) is 83.4 Å². The van der Waals surface area contributed by atoms with Gasteiger partial charge in [-0.3, -0.25) is 14.6 Å². The summed E-state index contributed by atoms with van der Waals surface area (Å²) in [5.41, 5.74) is 1.08. The normalized spacial score (nSPS) is 16.6. The molecule has 2 heterocycles. The zero-order chi connectivity index (χ0) is 23.6. The number of hydrogen-bond donors (Lipinski definition) is 1. The van der Waals surface area contributed by atoms with E-state index >= 15 is 0 Å². The Morgan fingerprint density at radius 1 is 1.16 bits per heavy atom. The number of nitrogens with zero attached hydrogens (tertiary/aromatic N) is 2. The quantitative estimate of drug-likeness (QED) is 0.683. The van der Waals surface area contributed by atoms with E-state index in [2.05, 4.69) is 4.98 Å². The maximum atomic E-state index is 13.1. The first-order valence-corrected chi connectivity index (χ1v) is 10.5. The zero-order valence-corrected chi connectivity index (χ0v) is 19.0. The lowest BCUT2D eigenvalue weighted by molar-refractivity contribution is -0.130. The maximum absolute atomic E-state index is 13.1. The smallest absolute Gasteiger partial charge is 0.338 e. The van der Waals surface area contributed by atoms with Gasteiger partial charge in [0.2, 0.25) is 0 Å². The molecule has 1 aliphatic rings. The molecule has 1 unspecified atom stereocenters. The first-order valence-electron chi connectivity index (χ1n) is 10.5. The number of aromatic nitrogens is 1. The maximum Gasteiger partial charge on any atom is 0.338 e. The van der Waals surface area contributed by atoms with Gasteiger partial charge in [-0.2, -0.15) is 0 Å². The molecule has 1 amide bonds. The van der Waals surface area contributed by atoms with Crippen molar-refractivity contribution in [3.63, 3.8) is 0 Å². The molecule has 1 aromatic heterocycles. The van der Waals surface area contributed by atoms with Crippen LogP contribution < -0.4 is 0 Å². The molecule has 1 atom stereocenters. The van der Waals surface area contributed by atoms with Gasteiger partial charge in [-0.1, -0.05) is 39.0 Å². The van der Waals surface area contributed by atoms with E-state index < -0.39 is 29.1 Å². The Morgan fingerprint density at radius 2 is 1.81 bits per heavy atom. The number of Topliss-reactive ketones (excluding diaryl/α,β-unsaturated/α-hetero) is 1. The number of ketones is 1. The second kappa shape index (κ2) is 8.94.